The van der Waals surface area contributed by atoms with Gasteiger partial charge in [-0.2, -0.15) is 0 Å². The number of anilines is 1. The number of hydrogen-bond acceptors (Lipinski definition) is 6. The number of aliphatic hydroxyl groups is 1. The summed E-state index contributed by atoms with van der Waals surface area (Å²) >= 11 is 0. The molecule has 0 aliphatic carbocycles. The lowest BCUT2D eigenvalue weighted by molar-refractivity contribution is 0.201. The molecule has 0 radical (unpaired) electrons. The Bertz CT molecular complexity index is 585. The molecule has 110 valence electrons. The van der Waals surface area contributed by atoms with Crippen molar-refractivity contribution in [2.75, 3.05) is 31.2 Å². The van der Waals surface area contributed by atoms with Gasteiger partial charge in [0.05, 0.1) is 12.8 Å². The Balaban J connectivity index is 1.95. The lowest BCUT2D eigenvalue weighted by atomic mass is 10.3. The zero-order chi connectivity index (χ0) is 14.5. The quantitative estimate of drug-likeness (QED) is 0.898. The third-order valence-electron chi connectivity index (χ3n) is 3.38. The number of ether oxygens (including phenoxy) is 1. The lowest BCUT2D eigenvalue weighted by Crippen LogP contribution is -2.21. The molecular formula is C15H18N4O2. The van der Waals surface area contributed by atoms with E-state index in [4.69, 9.17) is 9.84 Å². The van der Waals surface area contributed by atoms with E-state index in [0.717, 1.165) is 37.4 Å². The summed E-state index contributed by atoms with van der Waals surface area (Å²) in [6.45, 7) is 2.15. The highest BCUT2D eigenvalue weighted by atomic mass is 16.5. The standard InChI is InChI=1S/C15H18N4O2/c20-9-10-21-13-11-17-14(12-5-1-2-6-16-12)18-15(13)19-7-3-4-8-19/h1-2,5-6,11,20H,3-4,7-10H2. The van der Waals surface area contributed by atoms with E-state index in [2.05, 4.69) is 19.9 Å². The van der Waals surface area contributed by atoms with Crippen molar-refractivity contribution in [3.63, 3.8) is 0 Å². The molecule has 1 aliphatic rings. The third kappa shape index (κ3) is 3.11. The van der Waals surface area contributed by atoms with Crippen molar-refractivity contribution in [2.45, 2.75) is 12.8 Å². The smallest absolute Gasteiger partial charge is 0.180 e. The molecule has 0 aromatic carbocycles. The molecule has 0 spiro atoms. The summed E-state index contributed by atoms with van der Waals surface area (Å²) in [5, 5.41) is 8.93. The monoisotopic (exact) mass is 286 g/mol. The highest BCUT2D eigenvalue weighted by Gasteiger charge is 2.20. The molecule has 1 N–H and O–H groups in total. The fourth-order valence-electron chi connectivity index (χ4n) is 2.39. The zero-order valence-electron chi connectivity index (χ0n) is 11.8. The second kappa shape index (κ2) is 6.49. The average molecular weight is 286 g/mol. The van der Waals surface area contributed by atoms with E-state index in [9.17, 15) is 0 Å². The zero-order valence-corrected chi connectivity index (χ0v) is 11.8. The number of hydrogen-bond donors (Lipinski definition) is 1. The largest absolute Gasteiger partial charge is 0.486 e. The molecule has 6 nitrogen and oxygen atoms in total. The van der Waals surface area contributed by atoms with Gasteiger partial charge in [0.25, 0.3) is 0 Å². The van der Waals surface area contributed by atoms with Crippen LogP contribution in [0.1, 0.15) is 12.8 Å². The Morgan fingerprint density at radius 1 is 1.19 bits per heavy atom. The van der Waals surface area contributed by atoms with Crippen molar-refractivity contribution in [1.29, 1.82) is 0 Å². The third-order valence-corrected chi connectivity index (χ3v) is 3.38. The van der Waals surface area contributed by atoms with Crippen molar-refractivity contribution >= 4 is 5.82 Å². The van der Waals surface area contributed by atoms with E-state index in [1.807, 2.05) is 18.2 Å². The number of pyridine rings is 1. The molecule has 1 aliphatic heterocycles. The van der Waals surface area contributed by atoms with E-state index in [0.29, 0.717) is 11.6 Å². The number of aromatic nitrogens is 3. The molecule has 2 aromatic rings. The number of nitrogens with zero attached hydrogens (tertiary/aromatic N) is 4. The molecule has 0 unspecified atom stereocenters. The minimum Gasteiger partial charge on any atom is -0.486 e. The summed E-state index contributed by atoms with van der Waals surface area (Å²) in [4.78, 5) is 15.4. The van der Waals surface area contributed by atoms with Crippen molar-refractivity contribution in [2.24, 2.45) is 0 Å². The molecule has 1 fully saturated rings. The van der Waals surface area contributed by atoms with E-state index >= 15 is 0 Å². The molecule has 21 heavy (non-hydrogen) atoms. The minimum atomic E-state index is -0.0264. The number of aliphatic hydroxyl groups excluding tert-OH is 1. The van der Waals surface area contributed by atoms with Crippen LogP contribution in [-0.4, -0.2) is 46.4 Å². The van der Waals surface area contributed by atoms with Gasteiger partial charge in [-0.05, 0) is 25.0 Å². The molecule has 6 heteroatoms. The first kappa shape index (κ1) is 13.8. The van der Waals surface area contributed by atoms with Gasteiger partial charge in [0, 0.05) is 19.3 Å². The second-order valence-corrected chi connectivity index (χ2v) is 4.86. The summed E-state index contributed by atoms with van der Waals surface area (Å²) < 4.78 is 5.55. The van der Waals surface area contributed by atoms with Gasteiger partial charge in [-0.1, -0.05) is 6.07 Å². The summed E-state index contributed by atoms with van der Waals surface area (Å²) in [5.41, 5.74) is 0.742. The highest BCUT2D eigenvalue weighted by molar-refractivity contribution is 5.58. The van der Waals surface area contributed by atoms with Gasteiger partial charge in [0.15, 0.2) is 17.4 Å². The number of rotatable bonds is 5. The van der Waals surface area contributed by atoms with Crippen molar-refractivity contribution in [3.8, 4) is 17.3 Å². The predicted octanol–water partition coefficient (Wildman–Crippen LogP) is 1.51. The molecule has 0 amide bonds. The van der Waals surface area contributed by atoms with Crippen LogP contribution in [0.3, 0.4) is 0 Å². The molecule has 3 rings (SSSR count). The van der Waals surface area contributed by atoms with Crippen molar-refractivity contribution in [3.05, 3.63) is 30.6 Å². The summed E-state index contributed by atoms with van der Waals surface area (Å²) in [6, 6.07) is 5.67. The van der Waals surface area contributed by atoms with Gasteiger partial charge >= 0.3 is 0 Å². The van der Waals surface area contributed by atoms with Crippen molar-refractivity contribution < 1.29 is 9.84 Å². The molecule has 0 saturated carbocycles. The Morgan fingerprint density at radius 2 is 2.05 bits per heavy atom. The van der Waals surface area contributed by atoms with Crippen LogP contribution in [0.25, 0.3) is 11.5 Å². The predicted molar refractivity (Wildman–Crippen MR) is 79.3 cm³/mol. The fraction of sp³-hybridized carbons (Fsp3) is 0.400. The lowest BCUT2D eigenvalue weighted by Gasteiger charge is -2.20. The van der Waals surface area contributed by atoms with Crippen LogP contribution in [0.4, 0.5) is 5.82 Å². The first-order chi connectivity index (χ1) is 10.4. The molecule has 1 saturated heterocycles. The Hall–Kier alpha value is -2.21. The van der Waals surface area contributed by atoms with Crippen molar-refractivity contribution in [1.82, 2.24) is 15.0 Å². The maximum atomic E-state index is 8.93. The molecular weight excluding hydrogens is 268 g/mol. The Kier molecular flexibility index (Phi) is 4.25. The summed E-state index contributed by atoms with van der Waals surface area (Å²) in [6.07, 6.45) is 5.70. The Morgan fingerprint density at radius 3 is 2.76 bits per heavy atom. The van der Waals surface area contributed by atoms with Crippen LogP contribution in [0.15, 0.2) is 30.6 Å². The van der Waals surface area contributed by atoms with Gasteiger partial charge in [-0.15, -0.1) is 0 Å². The topological polar surface area (TPSA) is 71.4 Å². The first-order valence-electron chi connectivity index (χ1n) is 7.15. The summed E-state index contributed by atoms with van der Waals surface area (Å²) in [7, 11) is 0. The van der Waals surface area contributed by atoms with Crippen LogP contribution in [0.5, 0.6) is 5.75 Å². The Labute approximate surface area is 123 Å². The van der Waals surface area contributed by atoms with Crippen LogP contribution in [0, 0.1) is 0 Å². The van der Waals surface area contributed by atoms with Crippen LogP contribution in [0.2, 0.25) is 0 Å². The second-order valence-electron chi connectivity index (χ2n) is 4.86. The van der Waals surface area contributed by atoms with E-state index < -0.39 is 0 Å². The van der Waals surface area contributed by atoms with Gasteiger partial charge in [-0.3, -0.25) is 4.98 Å². The van der Waals surface area contributed by atoms with Gasteiger partial charge < -0.3 is 14.7 Å². The minimum absolute atomic E-state index is 0.0264. The summed E-state index contributed by atoms with van der Waals surface area (Å²) in [5.74, 6) is 2.00. The SMILES string of the molecule is OCCOc1cnc(-c2ccccn2)nc1N1CCCC1. The first-order valence-corrected chi connectivity index (χ1v) is 7.15. The fourth-order valence-corrected chi connectivity index (χ4v) is 2.39. The molecule has 0 bridgehead atoms. The average Bonchev–Trinajstić information content (AvgIpc) is 3.08. The van der Waals surface area contributed by atoms with Crippen LogP contribution < -0.4 is 9.64 Å². The van der Waals surface area contributed by atoms with E-state index in [-0.39, 0.29) is 13.2 Å². The normalized spacial score (nSPS) is 14.4. The highest BCUT2D eigenvalue weighted by Crippen LogP contribution is 2.30. The van der Waals surface area contributed by atoms with E-state index in [1.54, 1.807) is 12.4 Å². The van der Waals surface area contributed by atoms with Crippen LogP contribution >= 0.6 is 0 Å². The van der Waals surface area contributed by atoms with Gasteiger partial charge in [-0.25, -0.2) is 9.97 Å². The maximum absolute atomic E-state index is 8.93. The van der Waals surface area contributed by atoms with Gasteiger partial charge in [0.1, 0.15) is 12.3 Å². The molecule has 2 aromatic heterocycles. The molecule has 3 heterocycles. The molecule has 0 atom stereocenters. The maximum Gasteiger partial charge on any atom is 0.180 e. The van der Waals surface area contributed by atoms with Crippen LogP contribution in [-0.2, 0) is 0 Å². The van der Waals surface area contributed by atoms with Gasteiger partial charge in [0.2, 0.25) is 0 Å². The van der Waals surface area contributed by atoms with E-state index in [1.165, 1.54) is 0 Å².